The molecule has 0 aromatic carbocycles. The summed E-state index contributed by atoms with van der Waals surface area (Å²) in [6.45, 7) is 8.52. The molecule has 1 aliphatic rings. The Morgan fingerprint density at radius 2 is 1.97 bits per heavy atom. The lowest BCUT2D eigenvalue weighted by molar-refractivity contribution is -0.119. The molecule has 0 bridgehead atoms. The van der Waals surface area contributed by atoms with Gasteiger partial charge in [0.2, 0.25) is 5.95 Å². The smallest absolute Gasteiger partial charge is 0.223 e. The third-order valence-corrected chi connectivity index (χ3v) is 6.54. The summed E-state index contributed by atoms with van der Waals surface area (Å²) in [5.41, 5.74) is 9.85. The fraction of sp³-hybridized carbons (Fsp3) is 0.440. The first kappa shape index (κ1) is 24.9. The number of hydrogen-bond acceptors (Lipinski definition) is 8. The van der Waals surface area contributed by atoms with Crippen LogP contribution < -0.4 is 10.5 Å². The first-order chi connectivity index (χ1) is 16.8. The molecule has 4 rings (SSSR count). The van der Waals surface area contributed by atoms with Crippen LogP contribution in [-0.4, -0.2) is 82.0 Å². The fourth-order valence-corrected chi connectivity index (χ4v) is 4.59. The third-order valence-electron chi connectivity index (χ3n) is 6.26. The molecule has 0 spiro atoms. The molecular formula is C25H30ClN7O2. The van der Waals surface area contributed by atoms with Crippen molar-refractivity contribution in [2.45, 2.75) is 26.8 Å². The van der Waals surface area contributed by atoms with Crippen LogP contribution in [-0.2, 0) is 11.3 Å². The molecule has 4 heterocycles. The number of nitrogen functional groups attached to an aromatic ring is 1. The number of nitrogens with zero attached hydrogens (tertiary/aromatic N) is 6. The van der Waals surface area contributed by atoms with E-state index in [9.17, 15) is 4.79 Å². The van der Waals surface area contributed by atoms with Crippen LogP contribution in [0.25, 0.3) is 11.0 Å². The molecule has 3 aromatic heterocycles. The summed E-state index contributed by atoms with van der Waals surface area (Å²) in [5, 5.41) is 0.835. The number of nitrogens with two attached hydrogens (primary N) is 1. The predicted octanol–water partition coefficient (Wildman–Crippen LogP) is 2.29. The van der Waals surface area contributed by atoms with Gasteiger partial charge in [-0.1, -0.05) is 23.4 Å². The Balaban J connectivity index is 1.59. The molecule has 2 N–H and O–H groups in total. The maximum atomic E-state index is 12.5. The van der Waals surface area contributed by atoms with Crippen molar-refractivity contribution >= 4 is 34.4 Å². The second kappa shape index (κ2) is 10.6. The molecule has 9 nitrogen and oxygen atoms in total. The zero-order valence-corrected chi connectivity index (χ0v) is 21.3. The maximum absolute atomic E-state index is 12.5. The molecule has 3 aromatic rings. The highest BCUT2D eigenvalue weighted by molar-refractivity contribution is 6.34. The first-order valence-electron chi connectivity index (χ1n) is 11.5. The number of anilines is 1. The molecule has 184 valence electrons. The Hall–Kier alpha value is -3.19. The molecule has 0 unspecified atom stereocenters. The number of halogens is 1. The van der Waals surface area contributed by atoms with E-state index in [-0.39, 0.29) is 23.3 Å². The van der Waals surface area contributed by atoms with Crippen molar-refractivity contribution in [2.75, 3.05) is 52.6 Å². The van der Waals surface area contributed by atoms with Crippen molar-refractivity contribution in [1.29, 1.82) is 0 Å². The molecule has 1 aliphatic heterocycles. The van der Waals surface area contributed by atoms with Crippen LogP contribution >= 0.6 is 11.6 Å². The van der Waals surface area contributed by atoms with E-state index >= 15 is 0 Å². The maximum Gasteiger partial charge on any atom is 0.223 e. The van der Waals surface area contributed by atoms with Crippen molar-refractivity contribution in [2.24, 2.45) is 0 Å². The first-order valence-corrected chi connectivity index (χ1v) is 11.9. The van der Waals surface area contributed by atoms with Gasteiger partial charge in [-0.25, -0.2) is 4.98 Å². The summed E-state index contributed by atoms with van der Waals surface area (Å²) < 4.78 is 7.45. The molecule has 35 heavy (non-hydrogen) atoms. The normalized spacial score (nSPS) is 14.7. The fourth-order valence-electron chi connectivity index (χ4n) is 4.32. The van der Waals surface area contributed by atoms with Gasteiger partial charge in [0, 0.05) is 49.7 Å². The number of Topliss-reactive ketones (excluding diaryl/α,β-unsaturated/α-hetero) is 1. The second-order valence-electron chi connectivity index (χ2n) is 8.88. The zero-order valence-electron chi connectivity index (χ0n) is 20.6. The molecular weight excluding hydrogens is 466 g/mol. The van der Waals surface area contributed by atoms with Gasteiger partial charge in [0.25, 0.3) is 0 Å². The number of methoxy groups -OCH3 is 1. The monoisotopic (exact) mass is 495 g/mol. The Kier molecular flexibility index (Phi) is 7.55. The van der Waals surface area contributed by atoms with E-state index in [1.165, 1.54) is 0 Å². The van der Waals surface area contributed by atoms with Gasteiger partial charge in [0.05, 0.1) is 43.3 Å². The van der Waals surface area contributed by atoms with E-state index < -0.39 is 0 Å². The Bertz CT molecular complexity index is 1320. The Morgan fingerprint density at radius 3 is 2.69 bits per heavy atom. The molecule has 0 radical (unpaired) electrons. The van der Waals surface area contributed by atoms with E-state index in [2.05, 4.69) is 43.6 Å². The highest BCUT2D eigenvalue weighted by Crippen LogP contribution is 2.29. The molecule has 0 saturated carbocycles. The Labute approximate surface area is 210 Å². The van der Waals surface area contributed by atoms with Gasteiger partial charge in [-0.15, -0.1) is 0 Å². The number of hydrogen-bond donors (Lipinski definition) is 1. The van der Waals surface area contributed by atoms with Crippen molar-refractivity contribution < 1.29 is 9.53 Å². The van der Waals surface area contributed by atoms with Gasteiger partial charge in [-0.3, -0.25) is 14.7 Å². The van der Waals surface area contributed by atoms with E-state index in [1.54, 1.807) is 13.3 Å². The van der Waals surface area contributed by atoms with Crippen LogP contribution in [0.1, 0.15) is 28.8 Å². The number of piperazine rings is 1. The van der Waals surface area contributed by atoms with Crippen molar-refractivity contribution in [1.82, 2.24) is 29.3 Å². The minimum Gasteiger partial charge on any atom is -0.496 e. The predicted molar refractivity (Wildman–Crippen MR) is 137 cm³/mol. The SMILES string of the molecule is COc1c(C)cnc(Cn2cc(C#CCC(=O)CN3CCN(C)CC3)c3c(Cl)nc(N)nc32)c1C. The van der Waals surface area contributed by atoms with Crippen LogP contribution in [0.4, 0.5) is 5.95 Å². The number of carbonyl (C=O) groups is 1. The van der Waals surface area contributed by atoms with Crippen molar-refractivity contribution in [3.05, 3.63) is 39.9 Å². The van der Waals surface area contributed by atoms with E-state index in [1.807, 2.05) is 24.6 Å². The van der Waals surface area contributed by atoms with Crippen LogP contribution in [0.3, 0.4) is 0 Å². The summed E-state index contributed by atoms with van der Waals surface area (Å²) in [5.74, 6) is 7.11. The van der Waals surface area contributed by atoms with E-state index in [0.29, 0.717) is 29.7 Å². The summed E-state index contributed by atoms with van der Waals surface area (Å²) in [6.07, 6.45) is 3.81. The molecule has 0 amide bonds. The van der Waals surface area contributed by atoms with Crippen LogP contribution in [0, 0.1) is 25.7 Å². The average Bonchev–Trinajstić information content (AvgIpc) is 3.15. The number of aryl methyl sites for hydroxylation is 1. The summed E-state index contributed by atoms with van der Waals surface area (Å²) in [4.78, 5) is 30.0. The molecule has 10 heteroatoms. The number of rotatable bonds is 6. The largest absolute Gasteiger partial charge is 0.496 e. The van der Waals surface area contributed by atoms with Gasteiger partial charge in [0.15, 0.2) is 5.78 Å². The number of ether oxygens (including phenoxy) is 1. The summed E-state index contributed by atoms with van der Waals surface area (Å²) in [6, 6.07) is 0. The average molecular weight is 496 g/mol. The van der Waals surface area contributed by atoms with Crippen LogP contribution in [0.5, 0.6) is 5.75 Å². The summed E-state index contributed by atoms with van der Waals surface area (Å²) in [7, 11) is 3.74. The number of aromatic nitrogens is 4. The van der Waals surface area contributed by atoms with Crippen LogP contribution in [0.15, 0.2) is 12.4 Å². The van der Waals surface area contributed by atoms with Gasteiger partial charge in [0.1, 0.15) is 16.5 Å². The van der Waals surface area contributed by atoms with E-state index in [4.69, 9.17) is 22.1 Å². The minimum absolute atomic E-state index is 0.0786. The zero-order chi connectivity index (χ0) is 25.1. The Morgan fingerprint density at radius 1 is 1.23 bits per heavy atom. The van der Waals surface area contributed by atoms with Gasteiger partial charge >= 0.3 is 0 Å². The minimum atomic E-state index is 0.0786. The number of likely N-dealkylation sites (N-methyl/N-ethyl adjacent to an activating group) is 1. The van der Waals surface area contributed by atoms with Crippen LogP contribution in [0.2, 0.25) is 5.15 Å². The number of fused-ring (bicyclic) bond motifs is 1. The van der Waals surface area contributed by atoms with Gasteiger partial charge < -0.3 is 19.9 Å². The lowest BCUT2D eigenvalue weighted by Gasteiger charge is -2.31. The highest BCUT2D eigenvalue weighted by atomic mass is 35.5. The molecule has 0 atom stereocenters. The number of carbonyl (C=O) groups excluding carboxylic acids is 1. The lowest BCUT2D eigenvalue weighted by Crippen LogP contribution is -2.46. The highest BCUT2D eigenvalue weighted by Gasteiger charge is 2.18. The second-order valence-corrected chi connectivity index (χ2v) is 9.24. The summed E-state index contributed by atoms with van der Waals surface area (Å²) >= 11 is 6.44. The standard InChI is InChI=1S/C25H30ClN7O2/c1-16-12-28-20(17(2)22(16)35-4)15-33-13-18(21-23(26)29-25(27)30-24(21)33)6-5-7-19(34)14-32-10-8-31(3)9-11-32/h12-13H,7-11,14-15H2,1-4H3,(H2,27,29,30). The molecule has 0 aliphatic carbocycles. The molecule has 1 saturated heterocycles. The molecule has 1 fully saturated rings. The topological polar surface area (TPSA) is 102 Å². The van der Waals surface area contributed by atoms with Crippen molar-refractivity contribution in [3.63, 3.8) is 0 Å². The van der Waals surface area contributed by atoms with Gasteiger partial charge in [-0.2, -0.15) is 4.98 Å². The number of ketones is 1. The number of pyridine rings is 1. The lowest BCUT2D eigenvalue weighted by atomic mass is 10.1. The third kappa shape index (κ3) is 5.56. The quantitative estimate of drug-likeness (QED) is 0.410. The van der Waals surface area contributed by atoms with Gasteiger partial charge in [-0.05, 0) is 20.9 Å². The van der Waals surface area contributed by atoms with E-state index in [0.717, 1.165) is 48.7 Å². The van der Waals surface area contributed by atoms with Crippen molar-refractivity contribution in [3.8, 4) is 17.6 Å².